The molecule has 7 nitrogen and oxygen atoms in total. The SMILES string of the molecule is CC(C)(C)OC(=O)N1CCCC[C@@H]1CCOc1nc2ccccc2nc1NC1CC1. The molecule has 1 saturated heterocycles. The maximum Gasteiger partial charge on any atom is 0.410 e. The molecule has 2 heterocycles. The molecular formula is C23H32N4O3. The number of rotatable bonds is 6. The van der Waals surface area contributed by atoms with Crippen molar-refractivity contribution in [2.75, 3.05) is 18.5 Å². The normalized spacial score (nSPS) is 19.6. The number of hydrogen-bond donors (Lipinski definition) is 1. The van der Waals surface area contributed by atoms with E-state index in [1.54, 1.807) is 0 Å². The van der Waals surface area contributed by atoms with Crippen molar-refractivity contribution >= 4 is 22.9 Å². The fourth-order valence-corrected chi connectivity index (χ4v) is 3.75. The van der Waals surface area contributed by atoms with Crippen LogP contribution in [0.15, 0.2) is 24.3 Å². The first-order chi connectivity index (χ1) is 14.4. The topological polar surface area (TPSA) is 76.6 Å². The van der Waals surface area contributed by atoms with Gasteiger partial charge in [0.05, 0.1) is 17.6 Å². The molecule has 1 aliphatic carbocycles. The van der Waals surface area contributed by atoms with Gasteiger partial charge in [-0.1, -0.05) is 12.1 Å². The van der Waals surface area contributed by atoms with Crippen LogP contribution in [0, 0.1) is 0 Å². The Kier molecular flexibility index (Phi) is 5.97. The number of piperidine rings is 1. The Balaban J connectivity index is 1.42. The zero-order valence-electron chi connectivity index (χ0n) is 18.2. The average molecular weight is 413 g/mol. The van der Waals surface area contributed by atoms with E-state index in [9.17, 15) is 4.79 Å². The molecule has 0 bridgehead atoms. The lowest BCUT2D eigenvalue weighted by molar-refractivity contribution is 0.00738. The van der Waals surface area contributed by atoms with Gasteiger partial charge in [-0.05, 0) is 65.0 Å². The number of ether oxygens (including phenoxy) is 2. The number of carbonyl (C=O) groups is 1. The van der Waals surface area contributed by atoms with Gasteiger partial charge in [-0.2, -0.15) is 0 Å². The molecule has 1 saturated carbocycles. The Bertz CT molecular complexity index is 892. The van der Waals surface area contributed by atoms with Gasteiger partial charge in [-0.15, -0.1) is 0 Å². The summed E-state index contributed by atoms with van der Waals surface area (Å²) in [5, 5.41) is 3.43. The number of likely N-dealkylation sites (tertiary alicyclic amines) is 1. The van der Waals surface area contributed by atoms with E-state index in [2.05, 4.69) is 10.3 Å². The zero-order valence-corrected chi connectivity index (χ0v) is 18.2. The van der Waals surface area contributed by atoms with E-state index in [1.807, 2.05) is 49.9 Å². The first-order valence-corrected chi connectivity index (χ1v) is 11.0. The lowest BCUT2D eigenvalue weighted by Gasteiger charge is -2.36. The van der Waals surface area contributed by atoms with Crippen molar-refractivity contribution in [3.05, 3.63) is 24.3 Å². The van der Waals surface area contributed by atoms with Crippen LogP contribution in [0.4, 0.5) is 10.6 Å². The molecule has 0 unspecified atom stereocenters. The second-order valence-electron chi connectivity index (χ2n) is 9.25. The number of hydrogen-bond acceptors (Lipinski definition) is 6. The van der Waals surface area contributed by atoms with Crippen molar-refractivity contribution in [3.63, 3.8) is 0 Å². The van der Waals surface area contributed by atoms with Crippen LogP contribution in [0.1, 0.15) is 59.3 Å². The molecule has 2 fully saturated rings. The van der Waals surface area contributed by atoms with Crippen LogP contribution in [0.3, 0.4) is 0 Å². The Morgan fingerprint density at radius 2 is 1.87 bits per heavy atom. The second kappa shape index (κ2) is 8.66. The highest BCUT2D eigenvalue weighted by molar-refractivity contribution is 5.77. The number of amides is 1. The van der Waals surface area contributed by atoms with Gasteiger partial charge in [0.1, 0.15) is 5.60 Å². The van der Waals surface area contributed by atoms with Gasteiger partial charge in [0.25, 0.3) is 5.88 Å². The van der Waals surface area contributed by atoms with Crippen LogP contribution in [-0.2, 0) is 4.74 Å². The monoisotopic (exact) mass is 412 g/mol. The Morgan fingerprint density at radius 1 is 1.13 bits per heavy atom. The zero-order chi connectivity index (χ0) is 21.1. The van der Waals surface area contributed by atoms with Gasteiger partial charge in [0.15, 0.2) is 5.82 Å². The smallest absolute Gasteiger partial charge is 0.410 e. The first kappa shape index (κ1) is 20.7. The number of aromatic nitrogens is 2. The molecule has 30 heavy (non-hydrogen) atoms. The highest BCUT2D eigenvalue weighted by Crippen LogP contribution is 2.30. The Hall–Kier alpha value is -2.57. The molecule has 4 rings (SSSR count). The van der Waals surface area contributed by atoms with Crippen LogP contribution in [-0.4, -0.2) is 51.8 Å². The molecule has 1 atom stereocenters. The van der Waals surface area contributed by atoms with E-state index in [1.165, 1.54) is 0 Å². The largest absolute Gasteiger partial charge is 0.475 e. The maximum absolute atomic E-state index is 12.6. The summed E-state index contributed by atoms with van der Waals surface area (Å²) in [5.41, 5.74) is 1.19. The Labute approximate surface area is 178 Å². The summed E-state index contributed by atoms with van der Waals surface area (Å²) in [7, 11) is 0. The molecule has 0 radical (unpaired) electrons. The molecule has 2 aliphatic rings. The molecular weight excluding hydrogens is 380 g/mol. The second-order valence-corrected chi connectivity index (χ2v) is 9.25. The van der Waals surface area contributed by atoms with Gasteiger partial charge in [-0.25, -0.2) is 14.8 Å². The summed E-state index contributed by atoms with van der Waals surface area (Å²) in [5.74, 6) is 1.25. The Morgan fingerprint density at radius 3 is 2.57 bits per heavy atom. The number of fused-ring (bicyclic) bond motifs is 1. The third kappa shape index (κ3) is 5.32. The van der Waals surface area contributed by atoms with Crippen molar-refractivity contribution in [1.29, 1.82) is 0 Å². The molecule has 1 aliphatic heterocycles. The summed E-state index contributed by atoms with van der Waals surface area (Å²) in [6, 6.07) is 8.42. The summed E-state index contributed by atoms with van der Waals surface area (Å²) >= 11 is 0. The third-order valence-electron chi connectivity index (χ3n) is 5.40. The molecule has 7 heteroatoms. The number of nitrogens with one attached hydrogen (secondary N) is 1. The lowest BCUT2D eigenvalue weighted by Crippen LogP contribution is -2.46. The highest BCUT2D eigenvalue weighted by atomic mass is 16.6. The first-order valence-electron chi connectivity index (χ1n) is 11.0. The molecule has 1 N–H and O–H groups in total. The van der Waals surface area contributed by atoms with E-state index in [0.717, 1.165) is 56.1 Å². The number of para-hydroxylation sites is 2. The van der Waals surface area contributed by atoms with Crippen LogP contribution in [0.2, 0.25) is 0 Å². The predicted molar refractivity (Wildman–Crippen MR) is 117 cm³/mol. The molecule has 1 aromatic heterocycles. The minimum atomic E-state index is -0.486. The summed E-state index contributed by atoms with van der Waals surface area (Å²) in [6.45, 7) is 6.93. The van der Waals surface area contributed by atoms with Gasteiger partial charge >= 0.3 is 6.09 Å². The quantitative estimate of drug-likeness (QED) is 0.737. The van der Waals surface area contributed by atoms with Crippen molar-refractivity contribution < 1.29 is 14.3 Å². The molecule has 2 aromatic rings. The van der Waals surface area contributed by atoms with E-state index < -0.39 is 5.60 Å². The average Bonchev–Trinajstić information content (AvgIpc) is 3.51. The number of carbonyl (C=O) groups excluding carboxylic acids is 1. The number of benzene rings is 1. The van der Waals surface area contributed by atoms with Crippen LogP contribution >= 0.6 is 0 Å². The van der Waals surface area contributed by atoms with E-state index in [0.29, 0.717) is 24.3 Å². The van der Waals surface area contributed by atoms with Gasteiger partial charge in [0, 0.05) is 25.0 Å². The summed E-state index contributed by atoms with van der Waals surface area (Å²) in [4.78, 5) is 23.9. The van der Waals surface area contributed by atoms with E-state index in [4.69, 9.17) is 14.5 Å². The lowest BCUT2D eigenvalue weighted by atomic mass is 10.0. The van der Waals surface area contributed by atoms with Crippen LogP contribution < -0.4 is 10.1 Å². The minimum Gasteiger partial charge on any atom is -0.475 e. The van der Waals surface area contributed by atoms with Crippen molar-refractivity contribution in [2.45, 2.75) is 77.0 Å². The molecule has 1 aromatic carbocycles. The van der Waals surface area contributed by atoms with Crippen LogP contribution in [0.5, 0.6) is 5.88 Å². The summed E-state index contributed by atoms with van der Waals surface area (Å²) < 4.78 is 11.7. The predicted octanol–water partition coefficient (Wildman–Crippen LogP) is 4.76. The molecule has 1 amide bonds. The van der Waals surface area contributed by atoms with Crippen molar-refractivity contribution in [3.8, 4) is 5.88 Å². The van der Waals surface area contributed by atoms with Gasteiger partial charge in [-0.3, -0.25) is 0 Å². The fraction of sp³-hybridized carbons (Fsp3) is 0.609. The molecule has 0 spiro atoms. The number of nitrogens with zero attached hydrogens (tertiary/aromatic N) is 3. The number of anilines is 1. The van der Waals surface area contributed by atoms with Crippen LogP contribution in [0.25, 0.3) is 11.0 Å². The minimum absolute atomic E-state index is 0.127. The fourth-order valence-electron chi connectivity index (χ4n) is 3.75. The summed E-state index contributed by atoms with van der Waals surface area (Å²) in [6.07, 6.45) is 5.93. The third-order valence-corrected chi connectivity index (χ3v) is 5.40. The standard InChI is InChI=1S/C23H32N4O3/c1-23(2,3)30-22(28)27-14-7-6-8-17(27)13-15-29-21-20(24-16-11-12-16)25-18-9-4-5-10-19(18)26-21/h4-5,9-10,16-17H,6-8,11-15H2,1-3H3,(H,24,25)/t17-/m1/s1. The van der Waals surface area contributed by atoms with Crippen molar-refractivity contribution in [1.82, 2.24) is 14.9 Å². The highest BCUT2D eigenvalue weighted by Gasteiger charge is 2.30. The van der Waals surface area contributed by atoms with Crippen molar-refractivity contribution in [2.24, 2.45) is 0 Å². The van der Waals surface area contributed by atoms with E-state index >= 15 is 0 Å². The van der Waals surface area contributed by atoms with Gasteiger partial charge in [0.2, 0.25) is 0 Å². The van der Waals surface area contributed by atoms with E-state index in [-0.39, 0.29) is 12.1 Å². The van der Waals surface area contributed by atoms with Gasteiger partial charge < -0.3 is 19.7 Å². The maximum atomic E-state index is 12.6. The molecule has 162 valence electrons.